The Labute approximate surface area is 178 Å². The third-order valence-electron chi connectivity index (χ3n) is 4.11. The summed E-state index contributed by atoms with van der Waals surface area (Å²) in [5.41, 5.74) is 2.73. The van der Waals surface area contributed by atoms with Crippen molar-refractivity contribution in [3.8, 4) is 5.75 Å². The van der Waals surface area contributed by atoms with E-state index in [9.17, 15) is 9.59 Å². The van der Waals surface area contributed by atoms with E-state index >= 15 is 0 Å². The summed E-state index contributed by atoms with van der Waals surface area (Å²) in [6.07, 6.45) is 0. The third kappa shape index (κ3) is 5.95. The van der Waals surface area contributed by atoms with Crippen molar-refractivity contribution in [1.82, 2.24) is 9.88 Å². The van der Waals surface area contributed by atoms with Crippen LogP contribution in [0.15, 0.2) is 46.8 Å². The van der Waals surface area contributed by atoms with Crippen LogP contribution in [0.3, 0.4) is 0 Å². The van der Waals surface area contributed by atoms with Crippen molar-refractivity contribution in [2.45, 2.75) is 18.2 Å². The van der Waals surface area contributed by atoms with Crippen LogP contribution in [0.2, 0.25) is 0 Å². The molecule has 152 valence electrons. The maximum absolute atomic E-state index is 12.4. The molecule has 0 aliphatic rings. The van der Waals surface area contributed by atoms with Gasteiger partial charge >= 0.3 is 0 Å². The number of amides is 2. The maximum Gasteiger partial charge on any atom is 0.243 e. The number of anilines is 1. The number of fused-ring (bicyclic) bond motifs is 1. The number of rotatable bonds is 8. The molecule has 1 heterocycles. The lowest BCUT2D eigenvalue weighted by molar-refractivity contribution is -0.131. The molecule has 3 aromatic rings. The molecule has 6 nitrogen and oxygen atoms in total. The Bertz CT molecular complexity index is 1000. The molecule has 2 amide bonds. The van der Waals surface area contributed by atoms with Crippen LogP contribution in [-0.2, 0) is 9.59 Å². The van der Waals surface area contributed by atoms with Gasteiger partial charge in [0.05, 0.1) is 29.1 Å². The lowest BCUT2D eigenvalue weighted by Gasteiger charge is -2.16. The molecule has 0 aliphatic heterocycles. The highest BCUT2D eigenvalue weighted by Gasteiger charge is 2.15. The number of thioether (sulfide) groups is 1. The molecule has 0 saturated carbocycles. The maximum atomic E-state index is 12.4. The average Bonchev–Trinajstić information content (AvgIpc) is 3.10. The minimum Gasteiger partial charge on any atom is -0.494 e. The van der Waals surface area contributed by atoms with Gasteiger partial charge in [0.2, 0.25) is 11.8 Å². The van der Waals surface area contributed by atoms with Crippen LogP contribution in [0.5, 0.6) is 5.75 Å². The number of nitrogens with one attached hydrogen (secondary N) is 1. The Morgan fingerprint density at radius 3 is 2.69 bits per heavy atom. The first-order valence-electron chi connectivity index (χ1n) is 9.21. The smallest absolute Gasteiger partial charge is 0.243 e. The van der Waals surface area contributed by atoms with Crippen LogP contribution in [0.1, 0.15) is 12.5 Å². The Balaban J connectivity index is 1.51. The molecule has 3 rings (SSSR count). The van der Waals surface area contributed by atoms with Gasteiger partial charge in [-0.2, -0.15) is 0 Å². The number of aromatic nitrogens is 1. The molecule has 8 heteroatoms. The van der Waals surface area contributed by atoms with Crippen LogP contribution >= 0.6 is 23.1 Å². The molecule has 0 saturated heterocycles. The van der Waals surface area contributed by atoms with E-state index in [2.05, 4.69) is 10.3 Å². The number of carbonyl (C=O) groups is 2. The predicted octanol–water partition coefficient (Wildman–Crippen LogP) is 4.19. The van der Waals surface area contributed by atoms with Crippen molar-refractivity contribution in [3.05, 3.63) is 48.0 Å². The molecule has 0 fully saturated rings. The topological polar surface area (TPSA) is 71.5 Å². The first kappa shape index (κ1) is 21.1. The van der Waals surface area contributed by atoms with Crippen molar-refractivity contribution in [3.63, 3.8) is 0 Å². The minimum atomic E-state index is -0.224. The molecule has 29 heavy (non-hydrogen) atoms. The quantitative estimate of drug-likeness (QED) is 0.544. The number of hydrogen-bond donors (Lipinski definition) is 1. The number of aryl methyl sites for hydroxylation is 1. The predicted molar refractivity (Wildman–Crippen MR) is 119 cm³/mol. The second-order valence-corrected chi connectivity index (χ2v) is 8.75. The number of nitrogens with zero attached hydrogens (tertiary/aromatic N) is 2. The molecule has 0 aliphatic carbocycles. The van der Waals surface area contributed by atoms with E-state index in [4.69, 9.17) is 4.74 Å². The summed E-state index contributed by atoms with van der Waals surface area (Å²) >= 11 is 2.91. The standard InChI is InChI=1S/C21H23N3O3S2/c1-4-27-16-9-10-17-18(11-16)29-21(23-17)28-13-20(26)24(3)12-19(25)22-15-7-5-14(2)6-8-15/h5-11H,4,12-13H2,1-3H3,(H,22,25). The first-order chi connectivity index (χ1) is 13.9. The largest absolute Gasteiger partial charge is 0.494 e. The van der Waals surface area contributed by atoms with E-state index < -0.39 is 0 Å². The Morgan fingerprint density at radius 1 is 1.21 bits per heavy atom. The first-order valence-corrected chi connectivity index (χ1v) is 11.0. The summed E-state index contributed by atoms with van der Waals surface area (Å²) in [4.78, 5) is 30.5. The van der Waals surface area contributed by atoms with Crippen molar-refractivity contribution >= 4 is 50.8 Å². The highest BCUT2D eigenvalue weighted by molar-refractivity contribution is 8.01. The molecule has 1 aromatic heterocycles. The van der Waals surface area contributed by atoms with Gasteiger partial charge in [-0.15, -0.1) is 11.3 Å². The molecule has 0 spiro atoms. The molecule has 0 bridgehead atoms. The van der Waals surface area contributed by atoms with Gasteiger partial charge < -0.3 is 15.0 Å². The second kappa shape index (κ2) is 9.76. The van der Waals surface area contributed by atoms with Gasteiger partial charge in [0.15, 0.2) is 4.34 Å². The van der Waals surface area contributed by atoms with Crippen LogP contribution in [0.4, 0.5) is 5.69 Å². The summed E-state index contributed by atoms with van der Waals surface area (Å²) in [7, 11) is 1.63. The number of carbonyl (C=O) groups excluding carboxylic acids is 2. The van der Waals surface area contributed by atoms with Gasteiger partial charge in [-0.1, -0.05) is 29.5 Å². The SMILES string of the molecule is CCOc1ccc2nc(SCC(=O)N(C)CC(=O)Nc3ccc(C)cc3)sc2c1. The lowest BCUT2D eigenvalue weighted by Crippen LogP contribution is -2.35. The van der Waals surface area contributed by atoms with Crippen molar-refractivity contribution in [2.24, 2.45) is 0 Å². The minimum absolute atomic E-state index is 0.00479. The van der Waals surface area contributed by atoms with Gasteiger partial charge in [0.1, 0.15) is 5.75 Å². The molecule has 0 atom stereocenters. The van der Waals surface area contributed by atoms with Gasteiger partial charge in [-0.05, 0) is 44.2 Å². The highest BCUT2D eigenvalue weighted by Crippen LogP contribution is 2.32. The van der Waals surface area contributed by atoms with Gasteiger partial charge in [0.25, 0.3) is 0 Å². The second-order valence-electron chi connectivity index (χ2n) is 6.49. The van der Waals surface area contributed by atoms with Crippen LogP contribution in [0, 0.1) is 6.92 Å². The fraction of sp³-hybridized carbons (Fsp3) is 0.286. The number of likely N-dealkylation sites (N-methyl/N-ethyl adjacent to an activating group) is 1. The van der Waals surface area contributed by atoms with E-state index in [1.54, 1.807) is 7.05 Å². The molecular weight excluding hydrogens is 406 g/mol. The van der Waals surface area contributed by atoms with Crippen LogP contribution in [0.25, 0.3) is 10.2 Å². The Hall–Kier alpha value is -2.58. The summed E-state index contributed by atoms with van der Waals surface area (Å²) < 4.78 is 7.36. The normalized spacial score (nSPS) is 10.7. The van der Waals surface area contributed by atoms with Crippen molar-refractivity contribution in [1.29, 1.82) is 0 Å². The molecule has 0 unspecified atom stereocenters. The van der Waals surface area contributed by atoms with Crippen LogP contribution < -0.4 is 10.1 Å². The zero-order valence-electron chi connectivity index (χ0n) is 16.6. The fourth-order valence-corrected chi connectivity index (χ4v) is 4.61. The zero-order valence-corrected chi connectivity index (χ0v) is 18.2. The number of ether oxygens (including phenoxy) is 1. The molecule has 1 N–H and O–H groups in total. The lowest BCUT2D eigenvalue weighted by atomic mass is 10.2. The van der Waals surface area contributed by atoms with Crippen LogP contribution in [-0.4, -0.2) is 47.7 Å². The molecular formula is C21H23N3O3S2. The van der Waals surface area contributed by atoms with E-state index in [-0.39, 0.29) is 24.1 Å². The monoisotopic (exact) mass is 429 g/mol. The van der Waals surface area contributed by atoms with Crippen molar-refractivity contribution in [2.75, 3.05) is 31.3 Å². The Morgan fingerprint density at radius 2 is 1.97 bits per heavy atom. The van der Waals surface area contributed by atoms with Gasteiger partial charge in [0, 0.05) is 12.7 Å². The summed E-state index contributed by atoms with van der Waals surface area (Å²) in [5, 5.41) is 2.80. The van der Waals surface area contributed by atoms with E-state index in [0.29, 0.717) is 6.61 Å². The van der Waals surface area contributed by atoms with E-state index in [1.165, 1.54) is 28.0 Å². The number of benzene rings is 2. The van der Waals surface area contributed by atoms with E-state index in [1.807, 2.05) is 56.3 Å². The summed E-state index contributed by atoms with van der Waals surface area (Å²) in [5.74, 6) is 0.698. The zero-order chi connectivity index (χ0) is 20.8. The van der Waals surface area contributed by atoms with Gasteiger partial charge in [-0.3, -0.25) is 9.59 Å². The molecule has 2 aromatic carbocycles. The Kier molecular flexibility index (Phi) is 7.11. The summed E-state index contributed by atoms with van der Waals surface area (Å²) in [6.45, 7) is 4.55. The third-order valence-corrected chi connectivity index (χ3v) is 6.26. The molecule has 0 radical (unpaired) electrons. The highest BCUT2D eigenvalue weighted by atomic mass is 32.2. The fourth-order valence-electron chi connectivity index (χ4n) is 2.58. The average molecular weight is 430 g/mol. The number of thiazole rings is 1. The van der Waals surface area contributed by atoms with Gasteiger partial charge in [-0.25, -0.2) is 4.98 Å². The number of hydrogen-bond acceptors (Lipinski definition) is 6. The van der Waals surface area contributed by atoms with Crippen molar-refractivity contribution < 1.29 is 14.3 Å². The van der Waals surface area contributed by atoms with E-state index in [0.717, 1.165) is 31.6 Å². The summed E-state index contributed by atoms with van der Waals surface area (Å²) in [6, 6.07) is 13.3.